The molecule has 1 aromatic carbocycles. The van der Waals surface area contributed by atoms with Crippen LogP contribution in [0.1, 0.15) is 6.92 Å². The lowest BCUT2D eigenvalue weighted by atomic mass is 10.3. The van der Waals surface area contributed by atoms with Gasteiger partial charge in [-0.3, -0.25) is 4.79 Å². The number of hydrogen-bond acceptors (Lipinski definition) is 4. The van der Waals surface area contributed by atoms with Gasteiger partial charge in [0.1, 0.15) is 11.5 Å². The zero-order valence-electron chi connectivity index (χ0n) is 7.53. The van der Waals surface area contributed by atoms with Gasteiger partial charge in [0.15, 0.2) is 0 Å². The maximum absolute atomic E-state index is 10.6. The van der Waals surface area contributed by atoms with E-state index in [1.54, 1.807) is 18.2 Å². The van der Waals surface area contributed by atoms with Crippen LogP contribution < -0.4 is 15.2 Å². The number of carbonyl (C=O) groups excluding carboxylic acids is 1. The van der Waals surface area contributed by atoms with Crippen molar-refractivity contribution in [3.8, 4) is 11.5 Å². The van der Waals surface area contributed by atoms with Crippen LogP contribution in [0.25, 0.3) is 0 Å². The molecule has 1 aromatic rings. The summed E-state index contributed by atoms with van der Waals surface area (Å²) in [6.07, 6.45) is 0. The lowest BCUT2D eigenvalue weighted by molar-refractivity contribution is -0.131. The summed E-state index contributed by atoms with van der Waals surface area (Å²) in [5, 5.41) is 0. The Morgan fingerprint density at radius 3 is 2.62 bits per heavy atom. The highest BCUT2D eigenvalue weighted by Gasteiger charge is 2.02. The minimum atomic E-state index is -0.371. The van der Waals surface area contributed by atoms with Crippen LogP contribution in [0.5, 0.6) is 11.5 Å². The van der Waals surface area contributed by atoms with Crippen molar-refractivity contribution in [3.05, 3.63) is 18.2 Å². The third kappa shape index (κ3) is 2.37. The van der Waals surface area contributed by atoms with Gasteiger partial charge in [-0.2, -0.15) is 0 Å². The van der Waals surface area contributed by atoms with Crippen LogP contribution in [0.4, 0.5) is 5.69 Å². The summed E-state index contributed by atoms with van der Waals surface area (Å²) in [6.45, 7) is 1.33. The molecular formula is C9H11NO3. The Morgan fingerprint density at radius 1 is 1.46 bits per heavy atom. The molecule has 0 amide bonds. The summed E-state index contributed by atoms with van der Waals surface area (Å²) in [7, 11) is 1.52. The molecule has 0 spiro atoms. The smallest absolute Gasteiger partial charge is 0.308 e. The predicted octanol–water partition coefficient (Wildman–Crippen LogP) is 1.20. The van der Waals surface area contributed by atoms with Crippen molar-refractivity contribution in [1.82, 2.24) is 0 Å². The molecule has 4 nitrogen and oxygen atoms in total. The van der Waals surface area contributed by atoms with Crippen LogP contribution in [0.15, 0.2) is 18.2 Å². The number of carbonyl (C=O) groups is 1. The van der Waals surface area contributed by atoms with Gasteiger partial charge < -0.3 is 15.2 Å². The molecule has 0 aliphatic carbocycles. The number of rotatable bonds is 2. The third-order valence-electron chi connectivity index (χ3n) is 1.46. The predicted molar refractivity (Wildman–Crippen MR) is 48.7 cm³/mol. The molecular weight excluding hydrogens is 170 g/mol. The van der Waals surface area contributed by atoms with Gasteiger partial charge in [-0.15, -0.1) is 0 Å². The van der Waals surface area contributed by atoms with Gasteiger partial charge in [0.25, 0.3) is 0 Å². The summed E-state index contributed by atoms with van der Waals surface area (Å²) in [5.41, 5.74) is 6.04. The average Bonchev–Trinajstić information content (AvgIpc) is 2.03. The fourth-order valence-corrected chi connectivity index (χ4v) is 0.942. The van der Waals surface area contributed by atoms with Crippen molar-refractivity contribution < 1.29 is 14.3 Å². The molecule has 70 valence electrons. The van der Waals surface area contributed by atoms with E-state index >= 15 is 0 Å². The Morgan fingerprint density at radius 2 is 2.15 bits per heavy atom. The molecule has 2 N–H and O–H groups in total. The van der Waals surface area contributed by atoms with Gasteiger partial charge in [-0.25, -0.2) is 0 Å². The number of hydrogen-bond donors (Lipinski definition) is 1. The van der Waals surface area contributed by atoms with Gasteiger partial charge in [0.2, 0.25) is 0 Å². The Balaban J connectivity index is 2.89. The van der Waals surface area contributed by atoms with Crippen molar-refractivity contribution in [3.63, 3.8) is 0 Å². The SMILES string of the molecule is COc1ccc(OC(C)=O)cc1N. The summed E-state index contributed by atoms with van der Waals surface area (Å²) in [6, 6.07) is 4.81. The number of nitrogen functional groups attached to an aromatic ring is 1. The quantitative estimate of drug-likeness (QED) is 0.423. The summed E-state index contributed by atoms with van der Waals surface area (Å²) < 4.78 is 9.76. The number of anilines is 1. The van der Waals surface area contributed by atoms with E-state index in [-0.39, 0.29) is 5.97 Å². The molecule has 0 aliphatic rings. The van der Waals surface area contributed by atoms with Crippen LogP contribution in [-0.2, 0) is 4.79 Å². The summed E-state index contributed by atoms with van der Waals surface area (Å²) in [4.78, 5) is 10.6. The van der Waals surface area contributed by atoms with E-state index in [0.29, 0.717) is 17.2 Å². The standard InChI is InChI=1S/C9H11NO3/c1-6(11)13-7-3-4-9(12-2)8(10)5-7/h3-5H,10H2,1-2H3. The Labute approximate surface area is 76.3 Å². The molecule has 0 saturated carbocycles. The molecule has 0 heterocycles. The minimum absolute atomic E-state index is 0.371. The van der Waals surface area contributed by atoms with Crippen LogP contribution in [0, 0.1) is 0 Å². The first kappa shape index (κ1) is 9.38. The second-order valence-corrected chi connectivity index (χ2v) is 2.50. The van der Waals surface area contributed by atoms with Crippen molar-refractivity contribution >= 4 is 11.7 Å². The number of nitrogens with two attached hydrogens (primary N) is 1. The Bertz CT molecular complexity index is 323. The first-order chi connectivity index (χ1) is 6.13. The van der Waals surface area contributed by atoms with Crippen LogP contribution >= 0.6 is 0 Å². The van der Waals surface area contributed by atoms with Gasteiger partial charge in [0, 0.05) is 13.0 Å². The van der Waals surface area contributed by atoms with E-state index in [9.17, 15) is 4.79 Å². The first-order valence-electron chi connectivity index (χ1n) is 3.75. The van der Waals surface area contributed by atoms with Gasteiger partial charge in [-0.05, 0) is 12.1 Å². The van der Waals surface area contributed by atoms with Crippen molar-refractivity contribution in [2.45, 2.75) is 6.92 Å². The van der Waals surface area contributed by atoms with E-state index in [0.717, 1.165) is 0 Å². The normalized spacial score (nSPS) is 9.38. The van der Waals surface area contributed by atoms with Gasteiger partial charge in [-0.1, -0.05) is 0 Å². The topological polar surface area (TPSA) is 61.5 Å². The highest BCUT2D eigenvalue weighted by atomic mass is 16.5. The molecule has 4 heteroatoms. The Hall–Kier alpha value is -1.71. The highest BCUT2D eigenvalue weighted by molar-refractivity contribution is 5.70. The molecule has 0 atom stereocenters. The van der Waals surface area contributed by atoms with Crippen LogP contribution in [0.3, 0.4) is 0 Å². The zero-order chi connectivity index (χ0) is 9.84. The van der Waals surface area contributed by atoms with Gasteiger partial charge in [0.05, 0.1) is 12.8 Å². The van der Waals surface area contributed by atoms with Gasteiger partial charge >= 0.3 is 5.97 Å². The Kier molecular flexibility index (Phi) is 2.74. The van der Waals surface area contributed by atoms with Crippen molar-refractivity contribution in [2.24, 2.45) is 0 Å². The number of esters is 1. The highest BCUT2D eigenvalue weighted by Crippen LogP contribution is 2.25. The summed E-state index contributed by atoms with van der Waals surface area (Å²) >= 11 is 0. The lowest BCUT2D eigenvalue weighted by Gasteiger charge is -2.06. The summed E-state index contributed by atoms with van der Waals surface area (Å²) in [5.74, 6) is 0.617. The zero-order valence-corrected chi connectivity index (χ0v) is 7.53. The third-order valence-corrected chi connectivity index (χ3v) is 1.46. The van der Waals surface area contributed by atoms with E-state index < -0.39 is 0 Å². The van der Waals surface area contributed by atoms with E-state index in [1.807, 2.05) is 0 Å². The number of methoxy groups -OCH3 is 1. The van der Waals surface area contributed by atoms with E-state index in [1.165, 1.54) is 14.0 Å². The fraction of sp³-hybridized carbons (Fsp3) is 0.222. The number of ether oxygens (including phenoxy) is 2. The van der Waals surface area contributed by atoms with E-state index in [2.05, 4.69) is 0 Å². The molecule has 0 aliphatic heterocycles. The van der Waals surface area contributed by atoms with Crippen LogP contribution in [0.2, 0.25) is 0 Å². The monoisotopic (exact) mass is 181 g/mol. The molecule has 0 radical (unpaired) electrons. The molecule has 0 fully saturated rings. The largest absolute Gasteiger partial charge is 0.495 e. The van der Waals surface area contributed by atoms with Crippen molar-refractivity contribution in [1.29, 1.82) is 0 Å². The maximum Gasteiger partial charge on any atom is 0.308 e. The molecule has 13 heavy (non-hydrogen) atoms. The average molecular weight is 181 g/mol. The first-order valence-corrected chi connectivity index (χ1v) is 3.75. The second-order valence-electron chi connectivity index (χ2n) is 2.50. The second kappa shape index (κ2) is 3.80. The van der Waals surface area contributed by atoms with Crippen molar-refractivity contribution in [2.75, 3.05) is 12.8 Å². The molecule has 0 bridgehead atoms. The number of benzene rings is 1. The molecule has 1 rings (SSSR count). The van der Waals surface area contributed by atoms with Crippen LogP contribution in [-0.4, -0.2) is 13.1 Å². The fourth-order valence-electron chi connectivity index (χ4n) is 0.942. The maximum atomic E-state index is 10.6. The molecule has 0 unspecified atom stereocenters. The molecule has 0 aromatic heterocycles. The lowest BCUT2D eigenvalue weighted by Crippen LogP contribution is -2.02. The van der Waals surface area contributed by atoms with E-state index in [4.69, 9.17) is 15.2 Å². The minimum Gasteiger partial charge on any atom is -0.495 e. The molecule has 0 saturated heterocycles.